The number of para-hydroxylation sites is 1. The van der Waals surface area contributed by atoms with Crippen molar-refractivity contribution < 1.29 is 9.53 Å². The summed E-state index contributed by atoms with van der Waals surface area (Å²) >= 11 is 0. The molecule has 0 bridgehead atoms. The van der Waals surface area contributed by atoms with Gasteiger partial charge in [0.1, 0.15) is 12.4 Å². The summed E-state index contributed by atoms with van der Waals surface area (Å²) in [6.07, 6.45) is 0. The van der Waals surface area contributed by atoms with Crippen molar-refractivity contribution in [2.24, 2.45) is 0 Å². The fourth-order valence-electron chi connectivity index (χ4n) is 1.82. The smallest absolute Gasteiger partial charge is 0.234 e. The Hall–Kier alpha value is -2.33. The van der Waals surface area contributed by atoms with Crippen molar-refractivity contribution in [2.75, 3.05) is 19.7 Å². The topological polar surface area (TPSA) is 50.4 Å². The van der Waals surface area contributed by atoms with Crippen molar-refractivity contribution in [3.05, 3.63) is 66.2 Å². The number of hydrogen-bond acceptors (Lipinski definition) is 3. The van der Waals surface area contributed by atoms with Gasteiger partial charge in [0.25, 0.3) is 0 Å². The molecule has 2 N–H and O–H groups in total. The molecule has 0 saturated carbocycles. The summed E-state index contributed by atoms with van der Waals surface area (Å²) in [7, 11) is 0. The van der Waals surface area contributed by atoms with E-state index in [9.17, 15) is 4.79 Å². The molecule has 110 valence electrons. The number of hydrogen-bond donors (Lipinski definition) is 2. The third kappa shape index (κ3) is 6.10. The molecule has 0 aliphatic carbocycles. The summed E-state index contributed by atoms with van der Waals surface area (Å²) < 4.78 is 5.52. The van der Waals surface area contributed by atoms with Crippen LogP contribution in [0.5, 0.6) is 5.75 Å². The van der Waals surface area contributed by atoms with E-state index in [0.717, 1.165) is 11.3 Å². The molecule has 21 heavy (non-hydrogen) atoms. The van der Waals surface area contributed by atoms with Crippen molar-refractivity contribution in [1.29, 1.82) is 0 Å². The minimum Gasteiger partial charge on any atom is -0.492 e. The van der Waals surface area contributed by atoms with Gasteiger partial charge in [0.05, 0.1) is 6.54 Å². The van der Waals surface area contributed by atoms with E-state index < -0.39 is 0 Å². The normalized spacial score (nSPS) is 10.1. The molecule has 0 atom stereocenters. The fraction of sp³-hybridized carbons (Fsp3) is 0.235. The molecule has 0 fully saturated rings. The summed E-state index contributed by atoms with van der Waals surface area (Å²) in [5, 5.41) is 5.92. The number of carbonyl (C=O) groups excluding carboxylic acids is 1. The maximum atomic E-state index is 11.6. The first-order valence-electron chi connectivity index (χ1n) is 7.04. The molecular weight excluding hydrogens is 264 g/mol. The van der Waals surface area contributed by atoms with E-state index in [2.05, 4.69) is 10.6 Å². The Morgan fingerprint density at radius 2 is 1.62 bits per heavy atom. The van der Waals surface area contributed by atoms with Crippen LogP contribution in [0, 0.1) is 0 Å². The molecule has 0 unspecified atom stereocenters. The monoisotopic (exact) mass is 284 g/mol. The fourth-order valence-corrected chi connectivity index (χ4v) is 1.82. The molecule has 4 heteroatoms. The number of carbonyl (C=O) groups is 1. The first kappa shape index (κ1) is 15.1. The van der Waals surface area contributed by atoms with Crippen molar-refractivity contribution in [2.45, 2.75) is 6.54 Å². The maximum absolute atomic E-state index is 11.6. The van der Waals surface area contributed by atoms with E-state index in [1.54, 1.807) is 0 Å². The minimum absolute atomic E-state index is 0.0152. The molecule has 0 heterocycles. The van der Waals surface area contributed by atoms with E-state index in [4.69, 9.17) is 4.74 Å². The van der Waals surface area contributed by atoms with Crippen LogP contribution in [0.2, 0.25) is 0 Å². The molecule has 0 aliphatic rings. The number of ether oxygens (including phenoxy) is 1. The summed E-state index contributed by atoms with van der Waals surface area (Å²) in [5.74, 6) is 0.825. The van der Waals surface area contributed by atoms with Gasteiger partial charge in [-0.3, -0.25) is 4.79 Å². The van der Waals surface area contributed by atoms with Crippen LogP contribution in [0.1, 0.15) is 5.56 Å². The lowest BCUT2D eigenvalue weighted by atomic mass is 10.2. The second-order valence-corrected chi connectivity index (χ2v) is 4.60. The Balaban J connectivity index is 1.53. The quantitative estimate of drug-likeness (QED) is 0.729. The Morgan fingerprint density at radius 1 is 0.952 bits per heavy atom. The summed E-state index contributed by atoms with van der Waals surface area (Å²) in [5.41, 5.74) is 1.10. The van der Waals surface area contributed by atoms with E-state index in [1.165, 1.54) is 0 Å². The van der Waals surface area contributed by atoms with Gasteiger partial charge < -0.3 is 15.4 Å². The summed E-state index contributed by atoms with van der Waals surface area (Å²) in [6.45, 7) is 2.02. The first-order chi connectivity index (χ1) is 10.3. The molecule has 4 nitrogen and oxygen atoms in total. The zero-order valence-corrected chi connectivity index (χ0v) is 11.9. The zero-order valence-electron chi connectivity index (χ0n) is 11.9. The van der Waals surface area contributed by atoms with Crippen molar-refractivity contribution in [3.8, 4) is 5.75 Å². The molecule has 0 radical (unpaired) electrons. The van der Waals surface area contributed by atoms with Gasteiger partial charge in [-0.15, -0.1) is 0 Å². The van der Waals surface area contributed by atoms with Crippen LogP contribution >= 0.6 is 0 Å². The lowest BCUT2D eigenvalue weighted by molar-refractivity contribution is -0.120. The SMILES string of the molecule is O=C(CNCCOc1ccccc1)NCc1ccccc1. The van der Waals surface area contributed by atoms with E-state index >= 15 is 0 Å². The Labute approximate surface area is 125 Å². The van der Waals surface area contributed by atoms with Gasteiger partial charge in [-0.25, -0.2) is 0 Å². The highest BCUT2D eigenvalue weighted by Crippen LogP contribution is 2.07. The van der Waals surface area contributed by atoms with Crippen LogP contribution in [-0.2, 0) is 11.3 Å². The highest BCUT2D eigenvalue weighted by molar-refractivity contribution is 5.77. The summed E-state index contributed by atoms with van der Waals surface area (Å²) in [4.78, 5) is 11.6. The predicted octanol–water partition coefficient (Wildman–Crippen LogP) is 1.97. The van der Waals surface area contributed by atoms with Crippen LogP contribution in [0.4, 0.5) is 0 Å². The highest BCUT2D eigenvalue weighted by Gasteiger charge is 2.00. The molecule has 2 aromatic carbocycles. The summed E-state index contributed by atoms with van der Waals surface area (Å²) in [6, 6.07) is 19.5. The Bertz CT molecular complexity index is 529. The minimum atomic E-state index is -0.0152. The van der Waals surface area contributed by atoms with Crippen molar-refractivity contribution in [3.63, 3.8) is 0 Å². The maximum Gasteiger partial charge on any atom is 0.234 e. The van der Waals surface area contributed by atoms with E-state index in [1.807, 2.05) is 60.7 Å². The number of amides is 1. The average Bonchev–Trinajstić information content (AvgIpc) is 2.54. The number of benzene rings is 2. The second kappa shape index (κ2) is 8.76. The molecule has 2 rings (SSSR count). The Kier molecular flexibility index (Phi) is 6.29. The van der Waals surface area contributed by atoms with Gasteiger partial charge >= 0.3 is 0 Å². The Morgan fingerprint density at radius 3 is 2.33 bits per heavy atom. The van der Waals surface area contributed by atoms with Crippen LogP contribution in [0.3, 0.4) is 0 Å². The van der Waals surface area contributed by atoms with Gasteiger partial charge in [-0.05, 0) is 17.7 Å². The third-order valence-electron chi connectivity index (χ3n) is 2.91. The van der Waals surface area contributed by atoms with Gasteiger partial charge in [0.2, 0.25) is 5.91 Å². The molecule has 1 amide bonds. The third-order valence-corrected chi connectivity index (χ3v) is 2.91. The number of rotatable bonds is 8. The molecular formula is C17H20N2O2. The largest absolute Gasteiger partial charge is 0.492 e. The van der Waals surface area contributed by atoms with Crippen LogP contribution in [0.25, 0.3) is 0 Å². The van der Waals surface area contributed by atoms with Crippen molar-refractivity contribution >= 4 is 5.91 Å². The number of nitrogens with one attached hydrogen (secondary N) is 2. The molecule has 0 spiro atoms. The van der Waals surface area contributed by atoms with Crippen molar-refractivity contribution in [1.82, 2.24) is 10.6 Å². The molecule has 0 aromatic heterocycles. The highest BCUT2D eigenvalue weighted by atomic mass is 16.5. The second-order valence-electron chi connectivity index (χ2n) is 4.60. The van der Waals surface area contributed by atoms with E-state index in [0.29, 0.717) is 26.2 Å². The van der Waals surface area contributed by atoms with Crippen LogP contribution in [0.15, 0.2) is 60.7 Å². The zero-order chi connectivity index (χ0) is 14.8. The van der Waals surface area contributed by atoms with Gasteiger partial charge in [0, 0.05) is 13.1 Å². The molecule has 0 saturated heterocycles. The lowest BCUT2D eigenvalue weighted by Gasteiger charge is -2.08. The van der Waals surface area contributed by atoms with E-state index in [-0.39, 0.29) is 5.91 Å². The van der Waals surface area contributed by atoms with Gasteiger partial charge in [0.15, 0.2) is 0 Å². The standard InChI is InChI=1S/C17H20N2O2/c20-17(19-13-15-7-3-1-4-8-15)14-18-11-12-21-16-9-5-2-6-10-16/h1-10,18H,11-14H2,(H,19,20). The predicted molar refractivity (Wildman–Crippen MR) is 83.1 cm³/mol. The van der Waals surface area contributed by atoms with Crippen LogP contribution < -0.4 is 15.4 Å². The molecule has 2 aromatic rings. The average molecular weight is 284 g/mol. The molecule has 0 aliphatic heterocycles. The van der Waals surface area contributed by atoms with Gasteiger partial charge in [-0.2, -0.15) is 0 Å². The van der Waals surface area contributed by atoms with Crippen LogP contribution in [-0.4, -0.2) is 25.6 Å². The van der Waals surface area contributed by atoms with Gasteiger partial charge in [-0.1, -0.05) is 48.5 Å². The lowest BCUT2D eigenvalue weighted by Crippen LogP contribution is -2.35. The first-order valence-corrected chi connectivity index (χ1v) is 7.04.